The van der Waals surface area contributed by atoms with Crippen LogP contribution in [0.5, 0.6) is 23.0 Å². The maximum atomic E-state index is 12.4. The molecular formula is C24H23BrN2O5. The van der Waals surface area contributed by atoms with Gasteiger partial charge in [-0.1, -0.05) is 30.3 Å². The number of halogens is 1. The van der Waals surface area contributed by atoms with E-state index in [1.807, 2.05) is 36.4 Å². The summed E-state index contributed by atoms with van der Waals surface area (Å²) < 4.78 is 22.5. The largest absolute Gasteiger partial charge is 0.497 e. The van der Waals surface area contributed by atoms with E-state index in [1.165, 1.54) is 20.4 Å². The first-order valence-electron chi connectivity index (χ1n) is 9.64. The summed E-state index contributed by atoms with van der Waals surface area (Å²) in [5.74, 6) is 1.76. The minimum atomic E-state index is -0.396. The number of nitrogens with one attached hydrogen (secondary N) is 1. The number of hydrazone groups is 1. The van der Waals surface area contributed by atoms with E-state index in [2.05, 4.69) is 26.5 Å². The second-order valence-electron chi connectivity index (χ2n) is 6.61. The van der Waals surface area contributed by atoms with Crippen molar-refractivity contribution in [2.75, 3.05) is 21.3 Å². The van der Waals surface area contributed by atoms with Crippen molar-refractivity contribution < 1.29 is 23.7 Å². The van der Waals surface area contributed by atoms with Gasteiger partial charge >= 0.3 is 0 Å². The lowest BCUT2D eigenvalue weighted by atomic mass is 10.2. The van der Waals surface area contributed by atoms with E-state index < -0.39 is 5.91 Å². The molecule has 7 nitrogen and oxygen atoms in total. The number of ether oxygens (including phenoxy) is 4. The van der Waals surface area contributed by atoms with Crippen molar-refractivity contribution in [1.82, 2.24) is 5.43 Å². The van der Waals surface area contributed by atoms with Gasteiger partial charge < -0.3 is 18.9 Å². The van der Waals surface area contributed by atoms with Crippen LogP contribution in [0.4, 0.5) is 0 Å². The molecule has 3 aromatic carbocycles. The fourth-order valence-corrected chi connectivity index (χ4v) is 3.43. The monoisotopic (exact) mass is 498 g/mol. The lowest BCUT2D eigenvalue weighted by molar-refractivity contribution is 0.0954. The lowest BCUT2D eigenvalue weighted by Crippen LogP contribution is -2.17. The molecule has 0 saturated heterocycles. The van der Waals surface area contributed by atoms with Crippen LogP contribution >= 0.6 is 15.9 Å². The molecule has 0 fully saturated rings. The van der Waals surface area contributed by atoms with Gasteiger partial charge in [-0.15, -0.1) is 0 Å². The van der Waals surface area contributed by atoms with Gasteiger partial charge in [0.15, 0.2) is 11.5 Å². The summed E-state index contributed by atoms with van der Waals surface area (Å²) in [7, 11) is 4.61. The van der Waals surface area contributed by atoms with E-state index in [-0.39, 0.29) is 0 Å². The van der Waals surface area contributed by atoms with Gasteiger partial charge in [0.1, 0.15) is 18.1 Å². The summed E-state index contributed by atoms with van der Waals surface area (Å²) in [6, 6.07) is 18.3. The first-order chi connectivity index (χ1) is 15.5. The smallest absolute Gasteiger partial charge is 0.271 e. The Morgan fingerprint density at radius 2 is 1.66 bits per heavy atom. The molecule has 0 unspecified atom stereocenters. The van der Waals surface area contributed by atoms with Gasteiger partial charge in [0.25, 0.3) is 5.91 Å². The van der Waals surface area contributed by atoms with Crippen LogP contribution < -0.4 is 24.4 Å². The van der Waals surface area contributed by atoms with E-state index in [4.69, 9.17) is 18.9 Å². The highest BCUT2D eigenvalue weighted by Gasteiger charge is 2.12. The molecule has 3 aromatic rings. The highest BCUT2D eigenvalue weighted by atomic mass is 79.9. The third-order valence-electron chi connectivity index (χ3n) is 4.47. The maximum Gasteiger partial charge on any atom is 0.271 e. The van der Waals surface area contributed by atoms with Gasteiger partial charge in [-0.05, 0) is 51.3 Å². The van der Waals surface area contributed by atoms with Crippen LogP contribution in [-0.4, -0.2) is 33.5 Å². The van der Waals surface area contributed by atoms with Crippen LogP contribution in [0.1, 0.15) is 21.5 Å². The molecular weight excluding hydrogens is 476 g/mol. The summed E-state index contributed by atoms with van der Waals surface area (Å²) in [6.45, 7) is 0.406. The van der Waals surface area contributed by atoms with Gasteiger partial charge in [-0.2, -0.15) is 5.10 Å². The van der Waals surface area contributed by atoms with Crippen molar-refractivity contribution in [3.63, 3.8) is 0 Å². The van der Waals surface area contributed by atoms with Crippen LogP contribution in [0, 0.1) is 0 Å². The molecule has 0 atom stereocenters. The number of amides is 1. The first kappa shape index (κ1) is 23.1. The normalized spacial score (nSPS) is 10.6. The third-order valence-corrected chi connectivity index (χ3v) is 5.06. The SMILES string of the molecule is COc1cc(OC)cc(C(=O)N/N=C/c2cc(Br)c(OCc3ccccc3)c(OC)c2)c1. The quantitative estimate of drug-likeness (QED) is 0.338. The van der Waals surface area contributed by atoms with E-state index >= 15 is 0 Å². The van der Waals surface area contributed by atoms with Crippen LogP contribution in [0.15, 0.2) is 70.2 Å². The van der Waals surface area contributed by atoms with Crippen LogP contribution in [0.2, 0.25) is 0 Å². The standard InChI is InChI=1S/C24H23BrN2O5/c1-29-19-11-18(12-20(13-19)30-2)24(28)27-26-14-17-9-21(25)23(22(10-17)31-3)32-15-16-7-5-4-6-8-16/h4-14H,15H2,1-3H3,(H,27,28)/b26-14+. The molecule has 0 aliphatic heterocycles. The zero-order valence-electron chi connectivity index (χ0n) is 17.9. The van der Waals surface area contributed by atoms with Crippen molar-refractivity contribution in [1.29, 1.82) is 0 Å². The Kier molecular flexibility index (Phi) is 8.10. The first-order valence-corrected chi connectivity index (χ1v) is 10.4. The summed E-state index contributed by atoms with van der Waals surface area (Å²) in [6.07, 6.45) is 1.52. The molecule has 0 heterocycles. The number of benzene rings is 3. The van der Waals surface area contributed by atoms with Gasteiger partial charge in [0.05, 0.1) is 32.0 Å². The number of carbonyl (C=O) groups excluding carboxylic acids is 1. The van der Waals surface area contributed by atoms with Crippen molar-refractivity contribution >= 4 is 28.1 Å². The Bertz CT molecular complexity index is 1080. The van der Waals surface area contributed by atoms with E-state index in [0.717, 1.165) is 5.56 Å². The Labute approximate surface area is 195 Å². The number of hydrogen-bond acceptors (Lipinski definition) is 6. The molecule has 0 bridgehead atoms. The molecule has 1 amide bonds. The molecule has 0 saturated carbocycles. The van der Waals surface area contributed by atoms with Crippen LogP contribution in [-0.2, 0) is 6.61 Å². The van der Waals surface area contributed by atoms with Gasteiger partial charge in [-0.25, -0.2) is 5.43 Å². The van der Waals surface area contributed by atoms with E-state index in [9.17, 15) is 4.79 Å². The topological polar surface area (TPSA) is 78.4 Å². The highest BCUT2D eigenvalue weighted by Crippen LogP contribution is 2.36. The molecule has 1 N–H and O–H groups in total. The second-order valence-corrected chi connectivity index (χ2v) is 7.46. The average molecular weight is 499 g/mol. The number of nitrogens with zero attached hydrogens (tertiary/aromatic N) is 1. The molecule has 32 heavy (non-hydrogen) atoms. The van der Waals surface area contributed by atoms with E-state index in [0.29, 0.717) is 45.2 Å². The van der Waals surface area contributed by atoms with Gasteiger partial charge in [0, 0.05) is 11.6 Å². The molecule has 166 valence electrons. The molecule has 0 aromatic heterocycles. The van der Waals surface area contributed by atoms with Gasteiger partial charge in [-0.3, -0.25) is 4.79 Å². The lowest BCUT2D eigenvalue weighted by Gasteiger charge is -2.13. The zero-order chi connectivity index (χ0) is 22.9. The minimum Gasteiger partial charge on any atom is -0.497 e. The minimum absolute atomic E-state index is 0.363. The third kappa shape index (κ3) is 6.01. The number of carbonyl (C=O) groups is 1. The van der Waals surface area contributed by atoms with Gasteiger partial charge in [0.2, 0.25) is 0 Å². The van der Waals surface area contributed by atoms with Crippen LogP contribution in [0.25, 0.3) is 0 Å². The predicted molar refractivity (Wildman–Crippen MR) is 126 cm³/mol. The highest BCUT2D eigenvalue weighted by molar-refractivity contribution is 9.10. The number of methoxy groups -OCH3 is 3. The molecule has 8 heteroatoms. The van der Waals surface area contributed by atoms with Crippen molar-refractivity contribution in [3.8, 4) is 23.0 Å². The average Bonchev–Trinajstić information content (AvgIpc) is 2.83. The summed E-state index contributed by atoms with van der Waals surface area (Å²) in [5, 5.41) is 4.05. The van der Waals surface area contributed by atoms with Crippen molar-refractivity contribution in [2.24, 2.45) is 5.10 Å². The maximum absolute atomic E-state index is 12.4. The Hall–Kier alpha value is -3.52. The molecule has 0 aliphatic carbocycles. The predicted octanol–water partition coefficient (Wildman–Crippen LogP) is 4.82. The summed E-state index contributed by atoms with van der Waals surface area (Å²) in [4.78, 5) is 12.4. The number of rotatable bonds is 9. The van der Waals surface area contributed by atoms with Crippen LogP contribution in [0.3, 0.4) is 0 Å². The summed E-state index contributed by atoms with van der Waals surface area (Å²) >= 11 is 3.52. The van der Waals surface area contributed by atoms with E-state index in [1.54, 1.807) is 31.4 Å². The second kappa shape index (κ2) is 11.2. The summed E-state index contributed by atoms with van der Waals surface area (Å²) in [5.41, 5.74) is 4.62. The zero-order valence-corrected chi connectivity index (χ0v) is 19.5. The molecule has 0 aliphatic rings. The number of hydrogen-bond donors (Lipinski definition) is 1. The molecule has 0 spiro atoms. The Balaban J connectivity index is 1.70. The molecule has 3 rings (SSSR count). The Morgan fingerprint density at radius 1 is 0.969 bits per heavy atom. The molecule has 0 radical (unpaired) electrons. The fourth-order valence-electron chi connectivity index (χ4n) is 2.85. The van der Waals surface area contributed by atoms with Crippen molar-refractivity contribution in [3.05, 3.63) is 81.8 Å². The van der Waals surface area contributed by atoms with Crippen molar-refractivity contribution in [2.45, 2.75) is 6.61 Å². The Morgan fingerprint density at radius 3 is 2.28 bits per heavy atom. The fraction of sp³-hybridized carbons (Fsp3) is 0.167.